The zero-order valence-electron chi connectivity index (χ0n) is 10.1. The largest absolute Gasteiger partial charge is 0.478 e. The van der Waals surface area contributed by atoms with Crippen LogP contribution in [-0.2, 0) is 23.9 Å². The topological polar surface area (TPSA) is 89.9 Å². The third-order valence-electron chi connectivity index (χ3n) is 1.62. The fraction of sp³-hybridized carbons (Fsp3) is 0.417. The summed E-state index contributed by atoms with van der Waals surface area (Å²) in [6.07, 6.45) is 4.65. The van der Waals surface area contributed by atoms with Crippen LogP contribution in [0, 0.1) is 0 Å². The van der Waals surface area contributed by atoms with Gasteiger partial charge in [-0.1, -0.05) is 6.58 Å². The Kier molecular flexibility index (Phi) is 7.92. The van der Waals surface area contributed by atoms with Gasteiger partial charge in [0.2, 0.25) is 0 Å². The van der Waals surface area contributed by atoms with Gasteiger partial charge in [0, 0.05) is 18.2 Å². The molecule has 1 rings (SSSR count). The molecule has 0 spiro atoms. The number of aliphatic carboxylic acids is 1. The van der Waals surface area contributed by atoms with Gasteiger partial charge in [-0.3, -0.25) is 0 Å². The van der Waals surface area contributed by atoms with Gasteiger partial charge in [0.05, 0.1) is 6.61 Å². The Hall–Kier alpha value is -2.11. The molecule has 0 saturated heterocycles. The summed E-state index contributed by atoms with van der Waals surface area (Å²) in [6.45, 7) is 5.38. The maximum absolute atomic E-state index is 10.6. The fourth-order valence-corrected chi connectivity index (χ4v) is 0.730. The molecule has 0 bridgehead atoms. The molecule has 0 aliphatic heterocycles. The van der Waals surface area contributed by atoms with Gasteiger partial charge in [-0.25, -0.2) is 14.4 Å². The van der Waals surface area contributed by atoms with E-state index in [0.29, 0.717) is 6.61 Å². The van der Waals surface area contributed by atoms with E-state index in [1.54, 1.807) is 6.92 Å². The van der Waals surface area contributed by atoms with Crippen LogP contribution in [0.2, 0.25) is 0 Å². The minimum absolute atomic E-state index is 0.0287. The van der Waals surface area contributed by atoms with Crippen LogP contribution in [0.5, 0.6) is 0 Å². The maximum Gasteiger partial charge on any atom is 0.331 e. The van der Waals surface area contributed by atoms with Gasteiger partial charge in [-0.05, 0) is 19.8 Å². The van der Waals surface area contributed by atoms with Crippen molar-refractivity contribution in [2.75, 3.05) is 6.61 Å². The monoisotopic (exact) mass is 256 g/mol. The van der Waals surface area contributed by atoms with Crippen molar-refractivity contribution in [3.05, 3.63) is 24.8 Å². The van der Waals surface area contributed by atoms with Crippen molar-refractivity contribution in [2.45, 2.75) is 25.9 Å². The highest BCUT2D eigenvalue weighted by Gasteiger charge is 2.24. The van der Waals surface area contributed by atoms with Crippen LogP contribution in [0.4, 0.5) is 0 Å². The number of rotatable bonds is 5. The molecule has 100 valence electrons. The van der Waals surface area contributed by atoms with Crippen LogP contribution >= 0.6 is 0 Å². The van der Waals surface area contributed by atoms with E-state index in [4.69, 9.17) is 9.84 Å². The number of carboxylic acids is 1. The van der Waals surface area contributed by atoms with Gasteiger partial charge in [0.15, 0.2) is 0 Å². The first-order valence-corrected chi connectivity index (χ1v) is 5.40. The van der Waals surface area contributed by atoms with Gasteiger partial charge >= 0.3 is 17.9 Å². The van der Waals surface area contributed by atoms with Crippen molar-refractivity contribution in [1.82, 2.24) is 0 Å². The smallest absolute Gasteiger partial charge is 0.331 e. The maximum atomic E-state index is 10.6. The van der Waals surface area contributed by atoms with Crippen LogP contribution in [0.1, 0.15) is 19.8 Å². The molecule has 1 aliphatic carbocycles. The highest BCUT2D eigenvalue weighted by Crippen LogP contribution is 2.23. The summed E-state index contributed by atoms with van der Waals surface area (Å²) in [7, 11) is 0. The summed E-state index contributed by atoms with van der Waals surface area (Å²) in [5, 5.41) is 8.12. The lowest BCUT2D eigenvalue weighted by Crippen LogP contribution is -2.02. The lowest BCUT2D eigenvalue weighted by atomic mass is 10.5. The Labute approximate surface area is 105 Å². The predicted molar refractivity (Wildman–Crippen MR) is 62.7 cm³/mol. The minimum atomic E-state index is -1.14. The number of ether oxygens (including phenoxy) is 2. The van der Waals surface area contributed by atoms with Crippen molar-refractivity contribution in [3.8, 4) is 0 Å². The summed E-state index contributed by atoms with van der Waals surface area (Å²) in [4.78, 5) is 30.6. The van der Waals surface area contributed by atoms with E-state index in [-0.39, 0.29) is 12.1 Å². The summed E-state index contributed by atoms with van der Waals surface area (Å²) in [5.74, 6) is -2.07. The number of carbonyl (C=O) groups is 3. The molecule has 6 heteroatoms. The molecule has 6 nitrogen and oxygen atoms in total. The van der Waals surface area contributed by atoms with Crippen molar-refractivity contribution in [3.63, 3.8) is 0 Å². The molecule has 0 aromatic carbocycles. The number of hydrogen-bond donors (Lipinski definition) is 1. The predicted octanol–water partition coefficient (Wildman–Crippen LogP) is 1.07. The highest BCUT2D eigenvalue weighted by molar-refractivity contribution is 5.90. The Morgan fingerprint density at radius 1 is 1.28 bits per heavy atom. The molecule has 0 amide bonds. The molecular formula is C12H16O6. The lowest BCUT2D eigenvalue weighted by molar-refractivity contribution is -0.139. The van der Waals surface area contributed by atoms with Crippen LogP contribution in [0.3, 0.4) is 0 Å². The zero-order chi connectivity index (χ0) is 14.0. The van der Waals surface area contributed by atoms with Gasteiger partial charge in [-0.15, -0.1) is 0 Å². The van der Waals surface area contributed by atoms with Gasteiger partial charge in [0.1, 0.15) is 6.10 Å². The van der Waals surface area contributed by atoms with Gasteiger partial charge in [0.25, 0.3) is 0 Å². The molecule has 0 heterocycles. The molecule has 0 radical (unpaired) electrons. The minimum Gasteiger partial charge on any atom is -0.478 e. The molecule has 0 atom stereocenters. The number of carboxylic acid groups (broad SMARTS) is 1. The van der Waals surface area contributed by atoms with E-state index in [2.05, 4.69) is 11.3 Å². The molecular weight excluding hydrogens is 240 g/mol. The average Bonchev–Trinajstić information content (AvgIpc) is 3.11. The Balaban J connectivity index is 0.000000360. The second kappa shape index (κ2) is 8.98. The second-order valence-electron chi connectivity index (χ2n) is 3.26. The number of carbonyl (C=O) groups excluding carboxylic acids is 2. The molecule has 1 fully saturated rings. The van der Waals surface area contributed by atoms with E-state index in [9.17, 15) is 14.4 Å². The van der Waals surface area contributed by atoms with E-state index in [0.717, 1.165) is 31.1 Å². The van der Waals surface area contributed by atoms with Gasteiger partial charge < -0.3 is 14.6 Å². The van der Waals surface area contributed by atoms with Crippen molar-refractivity contribution < 1.29 is 29.0 Å². The number of hydrogen-bond acceptors (Lipinski definition) is 5. The summed E-state index contributed by atoms with van der Waals surface area (Å²) in [6, 6.07) is 0. The third-order valence-corrected chi connectivity index (χ3v) is 1.62. The van der Waals surface area contributed by atoms with E-state index >= 15 is 0 Å². The van der Waals surface area contributed by atoms with Crippen LogP contribution < -0.4 is 0 Å². The molecule has 0 unspecified atom stereocenters. The normalized spacial score (nSPS) is 13.2. The molecule has 18 heavy (non-hydrogen) atoms. The lowest BCUT2D eigenvalue weighted by Gasteiger charge is -1.94. The highest BCUT2D eigenvalue weighted by atomic mass is 16.5. The van der Waals surface area contributed by atoms with E-state index in [1.165, 1.54) is 0 Å². The van der Waals surface area contributed by atoms with Crippen molar-refractivity contribution in [1.29, 1.82) is 0 Å². The SMILES string of the molecule is C=CC(=O)OCC.O=C(O)/C=C\C(=O)OC1CC1. The Bertz CT molecular complexity index is 340. The fourth-order valence-electron chi connectivity index (χ4n) is 0.730. The van der Waals surface area contributed by atoms with Crippen LogP contribution in [0.15, 0.2) is 24.8 Å². The summed E-state index contributed by atoms with van der Waals surface area (Å²) >= 11 is 0. The number of esters is 2. The van der Waals surface area contributed by atoms with Crippen molar-refractivity contribution >= 4 is 17.9 Å². The first kappa shape index (κ1) is 15.9. The quantitative estimate of drug-likeness (QED) is 0.584. The Morgan fingerprint density at radius 3 is 2.22 bits per heavy atom. The van der Waals surface area contributed by atoms with Crippen LogP contribution in [0.25, 0.3) is 0 Å². The third kappa shape index (κ3) is 10.4. The van der Waals surface area contributed by atoms with Crippen LogP contribution in [-0.4, -0.2) is 35.7 Å². The summed E-state index contributed by atoms with van der Waals surface area (Å²) in [5.41, 5.74) is 0. The average molecular weight is 256 g/mol. The van der Waals surface area contributed by atoms with Gasteiger partial charge in [-0.2, -0.15) is 0 Å². The van der Waals surface area contributed by atoms with Crippen molar-refractivity contribution in [2.24, 2.45) is 0 Å². The molecule has 1 saturated carbocycles. The molecule has 1 aliphatic rings. The van der Waals surface area contributed by atoms with E-state index < -0.39 is 11.9 Å². The first-order chi connectivity index (χ1) is 8.49. The first-order valence-electron chi connectivity index (χ1n) is 5.40. The standard InChI is InChI=1S/C7H8O4.C5H8O2/c8-6(9)3-4-7(10)11-5-1-2-5;1-3-5(6)7-4-2/h3-5H,1-2H2,(H,8,9);3H,1,4H2,2H3/b4-3-;. The van der Waals surface area contributed by atoms with E-state index in [1.807, 2.05) is 0 Å². The summed E-state index contributed by atoms with van der Waals surface area (Å²) < 4.78 is 9.16. The molecule has 0 aromatic heterocycles. The second-order valence-corrected chi connectivity index (χ2v) is 3.26. The molecule has 0 aromatic rings. The Morgan fingerprint density at radius 2 is 1.89 bits per heavy atom. The molecule has 1 N–H and O–H groups in total. The zero-order valence-corrected chi connectivity index (χ0v) is 10.1.